The second-order valence-corrected chi connectivity index (χ2v) is 10.6. The molecule has 0 aliphatic heterocycles. The molecular weight excluding hydrogens is 516 g/mol. The molecule has 0 aliphatic rings. The van der Waals surface area contributed by atoms with Crippen molar-refractivity contribution in [3.8, 4) is 34.7 Å². The molecule has 0 unspecified atom stereocenters. The molecule has 2 aromatic heterocycles. The molecule has 0 radical (unpaired) electrons. The average molecular weight is 543 g/mol. The first-order chi connectivity index (χ1) is 18.8. The largest absolute Gasteiger partial charge is 0.481 e. The lowest BCUT2D eigenvalue weighted by atomic mass is 10.0. The number of hydrogen-bond acceptors (Lipinski definition) is 7. The Morgan fingerprint density at radius 3 is 2.49 bits per heavy atom. The number of methoxy groups -OCH3 is 2. The van der Waals surface area contributed by atoms with E-state index < -0.39 is 15.8 Å². The molecule has 8 nitrogen and oxygen atoms in total. The van der Waals surface area contributed by atoms with E-state index in [-0.39, 0.29) is 16.3 Å². The van der Waals surface area contributed by atoms with Crippen molar-refractivity contribution >= 4 is 15.8 Å². The highest BCUT2D eigenvalue weighted by Crippen LogP contribution is 2.31. The summed E-state index contributed by atoms with van der Waals surface area (Å²) < 4.78 is 36.9. The molecule has 4 aromatic rings. The highest BCUT2D eigenvalue weighted by Gasteiger charge is 2.17. The van der Waals surface area contributed by atoms with Gasteiger partial charge in [-0.2, -0.15) is 4.98 Å². The number of rotatable bonds is 9. The van der Waals surface area contributed by atoms with Gasteiger partial charge < -0.3 is 14.6 Å². The van der Waals surface area contributed by atoms with E-state index in [1.54, 1.807) is 36.4 Å². The Kier molecular flexibility index (Phi) is 8.59. The molecule has 2 aromatic carbocycles. The summed E-state index contributed by atoms with van der Waals surface area (Å²) in [6, 6.07) is 20.8. The minimum absolute atomic E-state index is 0.0310. The van der Waals surface area contributed by atoms with Crippen LogP contribution < -0.4 is 9.47 Å². The van der Waals surface area contributed by atoms with Gasteiger partial charge in [0.15, 0.2) is 9.84 Å². The van der Waals surface area contributed by atoms with Gasteiger partial charge in [-0.15, -0.1) is 0 Å². The van der Waals surface area contributed by atoms with Gasteiger partial charge >= 0.3 is 5.97 Å². The molecule has 39 heavy (non-hydrogen) atoms. The molecule has 0 atom stereocenters. The Bertz CT molecular complexity index is 1660. The number of pyridine rings is 2. The number of aromatic carboxylic acids is 1. The Morgan fingerprint density at radius 1 is 0.949 bits per heavy atom. The average Bonchev–Trinajstić information content (AvgIpc) is 2.96. The maximum atomic E-state index is 13.2. The van der Waals surface area contributed by atoms with Crippen molar-refractivity contribution in [2.45, 2.75) is 17.7 Å². The summed E-state index contributed by atoms with van der Waals surface area (Å²) in [5.74, 6) is 5.69. The minimum atomic E-state index is -3.55. The van der Waals surface area contributed by atoms with Crippen molar-refractivity contribution in [3.05, 3.63) is 101 Å². The fourth-order valence-electron chi connectivity index (χ4n) is 3.93. The number of carboxylic acids is 1. The number of aryl methyl sites for hydroxylation is 1. The molecule has 0 saturated carbocycles. The fourth-order valence-corrected chi connectivity index (χ4v) is 5.29. The van der Waals surface area contributed by atoms with Gasteiger partial charge in [-0.3, -0.25) is 0 Å². The van der Waals surface area contributed by atoms with E-state index in [1.807, 2.05) is 30.3 Å². The Labute approximate surface area is 227 Å². The van der Waals surface area contributed by atoms with Crippen LogP contribution in [0.15, 0.2) is 83.9 Å². The summed E-state index contributed by atoms with van der Waals surface area (Å²) in [6.45, 7) is 0. The zero-order valence-corrected chi connectivity index (χ0v) is 22.2. The smallest absolute Gasteiger partial charge is 0.354 e. The molecular formula is C30H26N2O6S. The fraction of sp³-hybridized carbons (Fsp3) is 0.167. The first kappa shape index (κ1) is 27.4. The van der Waals surface area contributed by atoms with Gasteiger partial charge in [0.2, 0.25) is 11.8 Å². The van der Waals surface area contributed by atoms with Crippen LogP contribution in [0.4, 0.5) is 0 Å². The van der Waals surface area contributed by atoms with Gasteiger partial charge in [0.25, 0.3) is 0 Å². The van der Waals surface area contributed by atoms with Crippen LogP contribution in [0.5, 0.6) is 11.8 Å². The first-order valence-corrected chi connectivity index (χ1v) is 13.7. The highest BCUT2D eigenvalue weighted by atomic mass is 32.2. The molecule has 0 bridgehead atoms. The van der Waals surface area contributed by atoms with E-state index in [1.165, 1.54) is 26.5 Å². The van der Waals surface area contributed by atoms with Gasteiger partial charge in [-0.25, -0.2) is 18.2 Å². The summed E-state index contributed by atoms with van der Waals surface area (Å²) in [7, 11) is -0.538. The zero-order chi connectivity index (χ0) is 27.8. The van der Waals surface area contributed by atoms with Gasteiger partial charge in [-0.1, -0.05) is 42.2 Å². The third-order valence-corrected chi connectivity index (χ3v) is 7.74. The molecule has 0 fully saturated rings. The van der Waals surface area contributed by atoms with Crippen LogP contribution in [-0.2, 0) is 16.3 Å². The second-order valence-electron chi connectivity index (χ2n) is 8.51. The molecule has 0 spiro atoms. The molecule has 0 saturated heterocycles. The van der Waals surface area contributed by atoms with E-state index in [9.17, 15) is 13.2 Å². The van der Waals surface area contributed by atoms with Crippen LogP contribution in [-0.4, -0.2) is 49.4 Å². The molecule has 9 heteroatoms. The first-order valence-electron chi connectivity index (χ1n) is 12.0. The third kappa shape index (κ3) is 6.80. The van der Waals surface area contributed by atoms with Crippen LogP contribution in [0, 0.1) is 11.8 Å². The van der Waals surface area contributed by atoms with Crippen LogP contribution in [0.2, 0.25) is 0 Å². The lowest BCUT2D eigenvalue weighted by Crippen LogP contribution is -2.08. The van der Waals surface area contributed by atoms with Crippen molar-refractivity contribution in [1.82, 2.24) is 9.97 Å². The predicted molar refractivity (Wildman–Crippen MR) is 147 cm³/mol. The van der Waals surface area contributed by atoms with Crippen molar-refractivity contribution < 1.29 is 27.8 Å². The SMILES string of the molecule is COc1ccc(-c2cccc(S(=O)(=O)CCCc3ccccc3C#Cc3ccc(C(=O)O)nc3)c2)c(OC)n1. The molecule has 0 amide bonds. The van der Waals surface area contributed by atoms with E-state index in [0.717, 1.165) is 11.1 Å². The van der Waals surface area contributed by atoms with E-state index in [2.05, 4.69) is 21.8 Å². The van der Waals surface area contributed by atoms with E-state index >= 15 is 0 Å². The van der Waals surface area contributed by atoms with E-state index in [4.69, 9.17) is 14.6 Å². The summed E-state index contributed by atoms with van der Waals surface area (Å²) in [5.41, 5.74) is 3.58. The van der Waals surface area contributed by atoms with Crippen LogP contribution in [0.1, 0.15) is 33.6 Å². The van der Waals surface area contributed by atoms with Gasteiger partial charge in [0.1, 0.15) is 5.69 Å². The highest BCUT2D eigenvalue weighted by molar-refractivity contribution is 7.91. The maximum Gasteiger partial charge on any atom is 0.354 e. The topological polar surface area (TPSA) is 116 Å². The normalized spacial score (nSPS) is 10.8. The quantitative estimate of drug-likeness (QED) is 0.304. The van der Waals surface area contributed by atoms with E-state index in [0.29, 0.717) is 41.3 Å². The summed E-state index contributed by atoms with van der Waals surface area (Å²) in [4.78, 5) is 19.4. The van der Waals surface area contributed by atoms with Gasteiger partial charge in [0, 0.05) is 29.0 Å². The molecule has 4 rings (SSSR count). The van der Waals surface area contributed by atoms with Crippen molar-refractivity contribution in [3.63, 3.8) is 0 Å². The number of benzene rings is 2. The summed E-state index contributed by atoms with van der Waals surface area (Å²) >= 11 is 0. The van der Waals surface area contributed by atoms with Crippen molar-refractivity contribution in [2.24, 2.45) is 0 Å². The lowest BCUT2D eigenvalue weighted by Gasteiger charge is -2.11. The third-order valence-electron chi connectivity index (χ3n) is 5.94. The Hall–Kier alpha value is -4.68. The minimum Gasteiger partial charge on any atom is -0.481 e. The Morgan fingerprint density at radius 2 is 1.77 bits per heavy atom. The monoisotopic (exact) mass is 542 g/mol. The van der Waals surface area contributed by atoms with Gasteiger partial charge in [0.05, 0.1) is 24.9 Å². The Balaban J connectivity index is 1.47. The van der Waals surface area contributed by atoms with Crippen molar-refractivity contribution in [1.29, 1.82) is 0 Å². The molecule has 1 N–H and O–H groups in total. The number of sulfone groups is 1. The maximum absolute atomic E-state index is 13.2. The number of carboxylic acid groups (broad SMARTS) is 1. The van der Waals surface area contributed by atoms with Crippen LogP contribution in [0.3, 0.4) is 0 Å². The molecule has 0 aliphatic carbocycles. The number of nitrogens with zero attached hydrogens (tertiary/aromatic N) is 2. The van der Waals surface area contributed by atoms with Crippen molar-refractivity contribution in [2.75, 3.05) is 20.0 Å². The number of carbonyl (C=O) groups is 1. The summed E-state index contributed by atoms with van der Waals surface area (Å²) in [5, 5.41) is 8.98. The summed E-state index contributed by atoms with van der Waals surface area (Å²) in [6.07, 6.45) is 2.35. The second kappa shape index (κ2) is 12.2. The zero-order valence-electron chi connectivity index (χ0n) is 21.4. The van der Waals surface area contributed by atoms with Crippen LogP contribution >= 0.6 is 0 Å². The van der Waals surface area contributed by atoms with Gasteiger partial charge in [-0.05, 0) is 60.4 Å². The molecule has 198 valence electrons. The number of ether oxygens (including phenoxy) is 2. The lowest BCUT2D eigenvalue weighted by molar-refractivity contribution is 0.0690. The number of hydrogen-bond donors (Lipinski definition) is 1. The standard InChI is InChI=1S/C30H26N2O6S/c1-37-28-17-15-26(29(32-28)38-2)24-9-5-11-25(19-24)39(35,36)18-6-10-22-7-3-4-8-23(22)14-12-21-13-16-27(30(33)34)31-20-21/h3-5,7-9,11,13,15-17,19-20H,6,10,18H2,1-2H3,(H,33,34). The predicted octanol–water partition coefficient (Wildman–Crippen LogP) is 4.67. The number of aromatic nitrogens is 2. The van der Waals surface area contributed by atoms with Crippen LogP contribution in [0.25, 0.3) is 11.1 Å². The molecule has 2 heterocycles.